The number of thiazole rings is 1. The van der Waals surface area contributed by atoms with Crippen LogP contribution < -0.4 is 10.1 Å². The number of nitrogens with one attached hydrogen (secondary N) is 2. The molecule has 0 radical (unpaired) electrons. The Balaban J connectivity index is 2.11. The van der Waals surface area contributed by atoms with Crippen LogP contribution in [0.3, 0.4) is 0 Å². The van der Waals surface area contributed by atoms with Crippen molar-refractivity contribution in [3.63, 3.8) is 0 Å². The van der Waals surface area contributed by atoms with Gasteiger partial charge in [0.1, 0.15) is 11.4 Å². The van der Waals surface area contributed by atoms with Crippen LogP contribution in [0.2, 0.25) is 0 Å². The summed E-state index contributed by atoms with van der Waals surface area (Å²) in [4.78, 5) is 15.5. The fourth-order valence-corrected chi connectivity index (χ4v) is 3.06. The summed E-state index contributed by atoms with van der Waals surface area (Å²) in [6, 6.07) is 7.50. The van der Waals surface area contributed by atoms with E-state index >= 15 is 0 Å². The lowest BCUT2D eigenvalue weighted by atomic mass is 10.3. The van der Waals surface area contributed by atoms with Crippen molar-refractivity contribution in [2.75, 3.05) is 12.4 Å². The van der Waals surface area contributed by atoms with Crippen molar-refractivity contribution in [1.82, 2.24) is 19.7 Å². The first-order chi connectivity index (χ1) is 11.1. The molecule has 0 aliphatic rings. The molecule has 118 valence electrons. The smallest absolute Gasteiger partial charge is 0.223 e. The normalized spacial score (nSPS) is 10.5. The number of aromatic nitrogens is 4. The fraction of sp³-hybridized carbons (Fsp3) is 0.143. The van der Waals surface area contributed by atoms with E-state index in [-0.39, 0.29) is 5.91 Å². The van der Waals surface area contributed by atoms with Gasteiger partial charge < -0.3 is 10.1 Å². The lowest BCUT2D eigenvalue weighted by molar-refractivity contribution is -0.114. The lowest BCUT2D eigenvalue weighted by Crippen LogP contribution is -2.05. The van der Waals surface area contributed by atoms with Gasteiger partial charge in [0.25, 0.3) is 0 Å². The SMILES string of the molecule is COc1ccccc1-n1c(-c2csc(NC(C)=O)n2)n[nH]c1=S. The number of rotatable bonds is 4. The predicted molar refractivity (Wildman–Crippen MR) is 90.7 cm³/mol. The number of hydrogen-bond donors (Lipinski definition) is 2. The van der Waals surface area contributed by atoms with Crippen LogP contribution >= 0.6 is 23.6 Å². The van der Waals surface area contributed by atoms with Gasteiger partial charge in [0, 0.05) is 12.3 Å². The van der Waals surface area contributed by atoms with Crippen LogP contribution in [-0.4, -0.2) is 32.8 Å². The molecule has 0 saturated heterocycles. The number of anilines is 1. The van der Waals surface area contributed by atoms with Gasteiger partial charge in [-0.05, 0) is 24.4 Å². The average Bonchev–Trinajstić information content (AvgIpc) is 3.13. The largest absolute Gasteiger partial charge is 0.495 e. The van der Waals surface area contributed by atoms with Gasteiger partial charge >= 0.3 is 0 Å². The standard InChI is InChI=1S/C14H13N5O2S2/c1-8(20)15-13-16-9(7-23-13)12-17-18-14(22)19(12)10-5-3-4-6-11(10)21-2/h3-7H,1-2H3,(H,18,22)(H,15,16,20). The highest BCUT2D eigenvalue weighted by atomic mass is 32.1. The van der Waals surface area contributed by atoms with Crippen LogP contribution in [0.15, 0.2) is 29.6 Å². The molecule has 1 aromatic carbocycles. The molecule has 2 aromatic heterocycles. The van der Waals surface area contributed by atoms with Gasteiger partial charge in [-0.25, -0.2) is 4.98 Å². The molecule has 23 heavy (non-hydrogen) atoms. The van der Waals surface area contributed by atoms with Gasteiger partial charge in [-0.3, -0.25) is 14.5 Å². The van der Waals surface area contributed by atoms with Crippen LogP contribution in [0, 0.1) is 4.77 Å². The van der Waals surface area contributed by atoms with Crippen molar-refractivity contribution < 1.29 is 9.53 Å². The highest BCUT2D eigenvalue weighted by Crippen LogP contribution is 2.29. The number of nitrogens with zero attached hydrogens (tertiary/aromatic N) is 3. The molecule has 9 heteroatoms. The van der Waals surface area contributed by atoms with Gasteiger partial charge in [-0.15, -0.1) is 11.3 Å². The number of carbonyl (C=O) groups excluding carboxylic acids is 1. The minimum absolute atomic E-state index is 0.172. The molecule has 3 aromatic rings. The minimum atomic E-state index is -0.172. The Bertz CT molecular complexity index is 912. The van der Waals surface area contributed by atoms with Gasteiger partial charge in [-0.2, -0.15) is 5.10 Å². The van der Waals surface area contributed by atoms with Crippen molar-refractivity contribution in [3.05, 3.63) is 34.4 Å². The Hall–Kier alpha value is -2.52. The Labute approximate surface area is 141 Å². The molecule has 0 atom stereocenters. The molecule has 0 bridgehead atoms. The van der Waals surface area contributed by atoms with E-state index in [0.717, 1.165) is 5.69 Å². The Morgan fingerprint density at radius 1 is 1.43 bits per heavy atom. The van der Waals surface area contributed by atoms with E-state index in [0.29, 0.717) is 27.2 Å². The zero-order chi connectivity index (χ0) is 16.4. The lowest BCUT2D eigenvalue weighted by Gasteiger charge is -2.10. The van der Waals surface area contributed by atoms with Crippen molar-refractivity contribution in [2.24, 2.45) is 0 Å². The van der Waals surface area contributed by atoms with Crippen LogP contribution in [0.1, 0.15) is 6.92 Å². The molecule has 2 N–H and O–H groups in total. The van der Waals surface area contributed by atoms with Crippen LogP contribution in [0.25, 0.3) is 17.2 Å². The summed E-state index contributed by atoms with van der Waals surface area (Å²) in [7, 11) is 1.60. The number of methoxy groups -OCH3 is 1. The number of aromatic amines is 1. The second-order valence-electron chi connectivity index (χ2n) is 4.58. The topological polar surface area (TPSA) is 84.8 Å². The Morgan fingerprint density at radius 3 is 2.96 bits per heavy atom. The first kappa shape index (κ1) is 15.4. The number of para-hydroxylation sites is 2. The van der Waals surface area contributed by atoms with E-state index in [1.807, 2.05) is 29.6 Å². The molecule has 0 fully saturated rings. The van der Waals surface area contributed by atoms with E-state index in [1.165, 1.54) is 18.3 Å². The summed E-state index contributed by atoms with van der Waals surface area (Å²) >= 11 is 6.65. The number of H-pyrrole nitrogens is 1. The zero-order valence-corrected chi connectivity index (χ0v) is 14.0. The second-order valence-corrected chi connectivity index (χ2v) is 5.82. The summed E-state index contributed by atoms with van der Waals surface area (Å²) in [6.45, 7) is 1.44. The molecule has 3 rings (SSSR count). The molecule has 1 amide bonds. The third-order valence-corrected chi connectivity index (χ3v) is 4.05. The first-order valence-corrected chi connectivity index (χ1v) is 7.93. The number of carbonyl (C=O) groups is 1. The molecule has 2 heterocycles. The summed E-state index contributed by atoms with van der Waals surface area (Å²) in [6.07, 6.45) is 0. The molecule has 0 aliphatic heterocycles. The van der Waals surface area contributed by atoms with E-state index in [4.69, 9.17) is 17.0 Å². The van der Waals surface area contributed by atoms with Crippen LogP contribution in [0.5, 0.6) is 5.75 Å². The number of hydrogen-bond acceptors (Lipinski definition) is 6. The molecule has 0 spiro atoms. The molecule has 0 saturated carbocycles. The maximum atomic E-state index is 11.1. The van der Waals surface area contributed by atoms with Gasteiger partial charge in [0.05, 0.1) is 12.8 Å². The number of amides is 1. The van der Waals surface area contributed by atoms with Crippen LogP contribution in [0.4, 0.5) is 5.13 Å². The summed E-state index contributed by atoms with van der Waals surface area (Å²) in [5, 5.41) is 12.0. The van der Waals surface area contributed by atoms with Crippen molar-refractivity contribution in [1.29, 1.82) is 0 Å². The molecule has 0 unspecified atom stereocenters. The van der Waals surface area contributed by atoms with E-state index in [2.05, 4.69) is 20.5 Å². The highest BCUT2D eigenvalue weighted by Gasteiger charge is 2.16. The monoisotopic (exact) mass is 347 g/mol. The van der Waals surface area contributed by atoms with Crippen molar-refractivity contribution in [3.8, 4) is 23.0 Å². The molecular formula is C14H13N5O2S2. The number of benzene rings is 1. The Morgan fingerprint density at radius 2 is 2.22 bits per heavy atom. The molecule has 7 nitrogen and oxygen atoms in total. The van der Waals surface area contributed by atoms with E-state index in [9.17, 15) is 4.79 Å². The van der Waals surface area contributed by atoms with E-state index in [1.54, 1.807) is 11.7 Å². The summed E-state index contributed by atoms with van der Waals surface area (Å²) in [5.74, 6) is 1.05. The fourth-order valence-electron chi connectivity index (χ4n) is 2.09. The summed E-state index contributed by atoms with van der Waals surface area (Å²) in [5.41, 5.74) is 1.37. The highest BCUT2D eigenvalue weighted by molar-refractivity contribution is 7.71. The third-order valence-electron chi connectivity index (χ3n) is 3.01. The van der Waals surface area contributed by atoms with Gasteiger partial charge in [0.2, 0.25) is 5.91 Å². The molecular weight excluding hydrogens is 334 g/mol. The second kappa shape index (κ2) is 6.31. The Kier molecular flexibility index (Phi) is 4.22. The van der Waals surface area contributed by atoms with Gasteiger partial charge in [0.15, 0.2) is 15.7 Å². The van der Waals surface area contributed by atoms with Crippen molar-refractivity contribution in [2.45, 2.75) is 6.92 Å². The summed E-state index contributed by atoms with van der Waals surface area (Å²) < 4.78 is 7.57. The van der Waals surface area contributed by atoms with Gasteiger partial charge in [-0.1, -0.05) is 12.1 Å². The predicted octanol–water partition coefficient (Wildman–Crippen LogP) is 3.02. The minimum Gasteiger partial charge on any atom is -0.495 e. The first-order valence-electron chi connectivity index (χ1n) is 6.64. The maximum Gasteiger partial charge on any atom is 0.223 e. The third kappa shape index (κ3) is 3.01. The maximum absolute atomic E-state index is 11.1. The van der Waals surface area contributed by atoms with E-state index < -0.39 is 0 Å². The zero-order valence-electron chi connectivity index (χ0n) is 12.4. The van der Waals surface area contributed by atoms with Crippen LogP contribution in [-0.2, 0) is 4.79 Å². The number of ether oxygens (including phenoxy) is 1. The van der Waals surface area contributed by atoms with Crippen molar-refractivity contribution >= 4 is 34.6 Å². The molecule has 0 aliphatic carbocycles. The quantitative estimate of drug-likeness (QED) is 0.709. The average molecular weight is 347 g/mol.